The molecular weight excluding hydrogens is 492 g/mol. The molecule has 2 N–H and O–H groups in total. The van der Waals surface area contributed by atoms with E-state index in [4.69, 9.17) is 0 Å². The molecule has 0 spiro atoms. The number of nitrogens with zero attached hydrogens (tertiary/aromatic N) is 2. The Balaban J connectivity index is 1.22. The van der Waals surface area contributed by atoms with Gasteiger partial charge in [0.25, 0.3) is 0 Å². The number of aliphatic hydroxyl groups is 2. The first-order valence-electron chi connectivity index (χ1n) is 14.4. The Kier molecular flexibility index (Phi) is 5.36. The molecule has 4 heteroatoms. The van der Waals surface area contributed by atoms with Gasteiger partial charge < -0.3 is 20.0 Å². The van der Waals surface area contributed by atoms with Crippen LogP contribution < -0.4 is 9.80 Å². The minimum Gasteiger partial charge on any atom is -0.392 e. The number of rotatable bonds is 2. The molecule has 1 fully saturated rings. The molecule has 0 saturated heterocycles. The van der Waals surface area contributed by atoms with Crippen LogP contribution in [0.3, 0.4) is 0 Å². The Morgan fingerprint density at radius 1 is 0.575 bits per heavy atom. The van der Waals surface area contributed by atoms with Crippen LogP contribution in [0.1, 0.15) is 38.8 Å². The molecule has 3 aliphatic rings. The third-order valence-corrected chi connectivity index (χ3v) is 10.1. The lowest BCUT2D eigenvalue weighted by atomic mass is 9.66. The minimum atomic E-state index is -0.649. The lowest BCUT2D eigenvalue weighted by Gasteiger charge is -2.45. The molecule has 1 saturated carbocycles. The van der Waals surface area contributed by atoms with Gasteiger partial charge in [0.2, 0.25) is 0 Å². The van der Waals surface area contributed by atoms with E-state index < -0.39 is 12.2 Å². The zero-order valence-electron chi connectivity index (χ0n) is 24.2. The van der Waals surface area contributed by atoms with Gasteiger partial charge in [0.15, 0.2) is 0 Å². The second-order valence-corrected chi connectivity index (χ2v) is 13.0. The zero-order chi connectivity index (χ0) is 28.1. The van der Waals surface area contributed by atoms with E-state index in [2.05, 4.69) is 137 Å². The molecule has 0 bridgehead atoms. The average molecular weight is 531 g/mol. The van der Waals surface area contributed by atoms with E-state index >= 15 is 0 Å². The summed E-state index contributed by atoms with van der Waals surface area (Å²) >= 11 is 0. The van der Waals surface area contributed by atoms with Crippen molar-refractivity contribution in [2.75, 3.05) is 23.9 Å². The topological polar surface area (TPSA) is 46.9 Å². The summed E-state index contributed by atoms with van der Waals surface area (Å²) < 4.78 is 0. The molecule has 2 heterocycles. The SMILES string of the molecule is CN1C(=CC2C(O)C(C=C3N(C)c4ccc5ccccc5c4C3(C)C)C2O)C(C)(C)c2c1ccc1ccccc21. The summed E-state index contributed by atoms with van der Waals surface area (Å²) in [6, 6.07) is 25.8. The van der Waals surface area contributed by atoms with Crippen LogP contribution in [0.2, 0.25) is 0 Å². The number of hydrogen-bond donors (Lipinski definition) is 2. The molecular formula is C36H38N2O2. The predicted molar refractivity (Wildman–Crippen MR) is 166 cm³/mol. The minimum absolute atomic E-state index is 0.246. The maximum Gasteiger partial charge on any atom is 0.0716 e. The fourth-order valence-electron chi connectivity index (χ4n) is 7.92. The van der Waals surface area contributed by atoms with Gasteiger partial charge in [-0.1, -0.05) is 101 Å². The van der Waals surface area contributed by atoms with Crippen molar-refractivity contribution in [3.05, 3.63) is 107 Å². The molecule has 4 aromatic carbocycles. The molecule has 0 amide bonds. The molecule has 1 aliphatic carbocycles. The summed E-state index contributed by atoms with van der Waals surface area (Å²) in [7, 11) is 4.20. The summed E-state index contributed by atoms with van der Waals surface area (Å²) in [6.45, 7) is 9.01. The standard InChI is InChI=1S/C36H38N2O2/c1-35(2)29(37(5)27-17-15-21-11-7-9-13-23(21)31(27)35)19-25-33(39)26(34(25)40)20-30-36(3,4)32-24-14-10-8-12-22(24)16-18-28(32)38(30)6/h7-20,25-26,33-34,39-40H,1-6H3. The van der Waals surface area contributed by atoms with Gasteiger partial charge >= 0.3 is 0 Å². The van der Waals surface area contributed by atoms with Crippen LogP contribution in [0.15, 0.2) is 96.3 Å². The Hall–Kier alpha value is -3.60. The van der Waals surface area contributed by atoms with Crippen molar-refractivity contribution < 1.29 is 10.2 Å². The molecule has 4 nitrogen and oxygen atoms in total. The normalized spacial score (nSPS) is 28.4. The van der Waals surface area contributed by atoms with Crippen LogP contribution in [0.25, 0.3) is 21.5 Å². The molecule has 4 aromatic rings. The number of aliphatic hydroxyl groups excluding tert-OH is 2. The number of likely N-dealkylation sites (N-methyl/N-ethyl adjacent to an activating group) is 2. The van der Waals surface area contributed by atoms with Crippen molar-refractivity contribution in [1.29, 1.82) is 0 Å². The van der Waals surface area contributed by atoms with Crippen molar-refractivity contribution in [2.45, 2.75) is 50.7 Å². The Morgan fingerprint density at radius 2 is 0.950 bits per heavy atom. The van der Waals surface area contributed by atoms with E-state index in [0.29, 0.717) is 0 Å². The smallest absolute Gasteiger partial charge is 0.0716 e. The van der Waals surface area contributed by atoms with Gasteiger partial charge in [-0.05, 0) is 44.8 Å². The third kappa shape index (κ3) is 3.27. The molecule has 0 unspecified atom stereocenters. The van der Waals surface area contributed by atoms with Crippen LogP contribution in [-0.2, 0) is 10.8 Å². The van der Waals surface area contributed by atoms with Gasteiger partial charge in [0.05, 0.1) is 12.2 Å². The number of allylic oxidation sites excluding steroid dienone is 2. The van der Waals surface area contributed by atoms with E-state index in [0.717, 1.165) is 11.4 Å². The molecule has 204 valence electrons. The predicted octanol–water partition coefficient (Wildman–Crippen LogP) is 6.88. The van der Waals surface area contributed by atoms with Crippen LogP contribution in [0.4, 0.5) is 11.4 Å². The van der Waals surface area contributed by atoms with Crippen molar-refractivity contribution in [1.82, 2.24) is 0 Å². The number of fused-ring (bicyclic) bond motifs is 6. The highest BCUT2D eigenvalue weighted by Crippen LogP contribution is 2.54. The zero-order valence-corrected chi connectivity index (χ0v) is 24.2. The van der Waals surface area contributed by atoms with Crippen molar-refractivity contribution in [3.8, 4) is 0 Å². The van der Waals surface area contributed by atoms with E-state index in [1.807, 2.05) is 0 Å². The quantitative estimate of drug-likeness (QED) is 0.297. The highest BCUT2D eigenvalue weighted by Gasteiger charge is 2.51. The second-order valence-electron chi connectivity index (χ2n) is 13.0. The highest BCUT2D eigenvalue weighted by atomic mass is 16.3. The Morgan fingerprint density at radius 3 is 1.35 bits per heavy atom. The average Bonchev–Trinajstić information content (AvgIpc) is 3.27. The summed E-state index contributed by atoms with van der Waals surface area (Å²) in [5, 5.41) is 27.9. The monoisotopic (exact) mass is 530 g/mol. The fraction of sp³-hybridized carbons (Fsp3) is 0.333. The van der Waals surface area contributed by atoms with Crippen LogP contribution in [0.5, 0.6) is 0 Å². The van der Waals surface area contributed by atoms with Gasteiger partial charge in [-0.15, -0.1) is 0 Å². The Labute approximate surface area is 236 Å². The van der Waals surface area contributed by atoms with Gasteiger partial charge in [0, 0.05) is 59.5 Å². The molecule has 0 aromatic heterocycles. The summed E-state index contributed by atoms with van der Waals surface area (Å²) in [5.41, 5.74) is 6.76. The molecule has 7 rings (SSSR count). The summed E-state index contributed by atoms with van der Waals surface area (Å²) in [5.74, 6) is -0.644. The maximum atomic E-state index is 11.5. The van der Waals surface area contributed by atoms with E-state index in [9.17, 15) is 10.2 Å². The van der Waals surface area contributed by atoms with Crippen LogP contribution in [-0.4, -0.2) is 36.5 Å². The Bertz CT molecular complexity index is 1610. The molecule has 40 heavy (non-hydrogen) atoms. The maximum absolute atomic E-state index is 11.5. The number of hydrogen-bond acceptors (Lipinski definition) is 4. The van der Waals surface area contributed by atoms with Crippen LogP contribution in [0, 0.1) is 11.8 Å². The largest absolute Gasteiger partial charge is 0.392 e. The van der Waals surface area contributed by atoms with E-state index in [1.165, 1.54) is 44.0 Å². The first kappa shape index (κ1) is 25.4. The van der Waals surface area contributed by atoms with Crippen LogP contribution >= 0.6 is 0 Å². The summed E-state index contributed by atoms with van der Waals surface area (Å²) in [4.78, 5) is 4.48. The van der Waals surface area contributed by atoms with Crippen molar-refractivity contribution >= 4 is 32.9 Å². The van der Waals surface area contributed by atoms with Gasteiger partial charge in [0.1, 0.15) is 0 Å². The van der Waals surface area contributed by atoms with Crippen molar-refractivity contribution in [3.63, 3.8) is 0 Å². The fourth-order valence-corrected chi connectivity index (χ4v) is 7.92. The van der Waals surface area contributed by atoms with Gasteiger partial charge in [-0.3, -0.25) is 0 Å². The first-order valence-corrected chi connectivity index (χ1v) is 14.4. The second kappa shape index (κ2) is 8.45. The summed E-state index contributed by atoms with van der Waals surface area (Å²) in [6.07, 6.45) is 2.96. The van der Waals surface area contributed by atoms with Gasteiger partial charge in [-0.25, -0.2) is 0 Å². The number of anilines is 2. The van der Waals surface area contributed by atoms with E-state index in [-0.39, 0.29) is 22.7 Å². The molecule has 0 radical (unpaired) electrons. The van der Waals surface area contributed by atoms with E-state index in [1.54, 1.807) is 0 Å². The molecule has 0 atom stereocenters. The van der Waals surface area contributed by atoms with Gasteiger partial charge in [-0.2, -0.15) is 0 Å². The van der Waals surface area contributed by atoms with Crippen molar-refractivity contribution in [2.24, 2.45) is 11.8 Å². The third-order valence-electron chi connectivity index (χ3n) is 10.1. The highest BCUT2D eigenvalue weighted by molar-refractivity contribution is 5.95. The molecule has 2 aliphatic heterocycles. The first-order chi connectivity index (χ1) is 19.0. The lowest BCUT2D eigenvalue weighted by molar-refractivity contribution is -0.111. The lowest BCUT2D eigenvalue weighted by Crippen LogP contribution is -2.54. The number of benzene rings is 4.